The number of nitrogens with zero attached hydrogens (tertiary/aromatic N) is 1. The number of ether oxygens (including phenoxy) is 2. The van der Waals surface area contributed by atoms with Crippen LogP contribution < -0.4 is 25.4 Å². The Morgan fingerprint density at radius 3 is 2.38 bits per heavy atom. The number of amides is 2. The van der Waals surface area contributed by atoms with Crippen molar-refractivity contribution in [2.75, 3.05) is 25.5 Å². The van der Waals surface area contributed by atoms with Crippen molar-refractivity contribution in [3.63, 3.8) is 0 Å². The summed E-state index contributed by atoms with van der Waals surface area (Å²) >= 11 is 0. The molecule has 2 aromatic rings. The third kappa shape index (κ3) is 5.87. The molecule has 0 spiro atoms. The maximum atomic E-state index is 14.2. The van der Waals surface area contributed by atoms with Gasteiger partial charge in [0, 0.05) is 17.8 Å². The number of nitrogens with one attached hydrogen (secondary N) is 3. The van der Waals surface area contributed by atoms with Crippen LogP contribution in [-0.4, -0.2) is 55.9 Å². The number of piperidine rings is 1. The number of likely N-dealkylation sites (tertiary alicyclic amines) is 1. The Morgan fingerprint density at radius 2 is 1.78 bits per heavy atom. The normalized spacial score (nSPS) is 24.6. The molecule has 3 atom stereocenters. The molecule has 0 radical (unpaired) electrons. The lowest BCUT2D eigenvalue weighted by Crippen LogP contribution is -2.64. The first-order valence-corrected chi connectivity index (χ1v) is 11.6. The van der Waals surface area contributed by atoms with Crippen molar-refractivity contribution < 1.29 is 40.6 Å². The van der Waals surface area contributed by atoms with Crippen LogP contribution in [0.2, 0.25) is 0 Å². The van der Waals surface area contributed by atoms with Crippen LogP contribution in [0, 0.1) is 0 Å². The van der Waals surface area contributed by atoms with E-state index in [1.807, 2.05) is 0 Å². The molecule has 0 saturated carbocycles. The summed E-state index contributed by atoms with van der Waals surface area (Å²) in [5.41, 5.74) is -1.92. The number of alkyl halides is 6. The lowest BCUT2D eigenvalue weighted by Gasteiger charge is -2.52. The second kappa shape index (κ2) is 10.3. The first-order valence-electron chi connectivity index (χ1n) is 11.6. The van der Waals surface area contributed by atoms with Crippen LogP contribution in [0.3, 0.4) is 0 Å². The highest BCUT2D eigenvalue weighted by Gasteiger charge is 2.64. The average Bonchev–Trinajstić information content (AvgIpc) is 2.80. The maximum absolute atomic E-state index is 14.2. The van der Waals surface area contributed by atoms with Crippen LogP contribution in [-0.2, 0) is 5.54 Å². The Bertz CT molecular complexity index is 1100. The summed E-state index contributed by atoms with van der Waals surface area (Å²) in [7, 11) is 1.42. The predicted molar refractivity (Wildman–Crippen MR) is 122 cm³/mol. The molecule has 2 amide bonds. The Hall–Kier alpha value is -3.19. The van der Waals surface area contributed by atoms with Crippen molar-refractivity contribution >= 4 is 11.7 Å². The summed E-state index contributed by atoms with van der Waals surface area (Å²) in [6.45, 7) is 0.834. The highest BCUT2D eigenvalue weighted by molar-refractivity contribution is 5.89. The highest BCUT2D eigenvalue weighted by atomic mass is 19.4. The van der Waals surface area contributed by atoms with Gasteiger partial charge >= 0.3 is 18.6 Å². The molecule has 2 heterocycles. The number of urea groups is 1. The van der Waals surface area contributed by atoms with Crippen LogP contribution in [0.1, 0.15) is 24.8 Å². The van der Waals surface area contributed by atoms with Gasteiger partial charge in [0.25, 0.3) is 0 Å². The highest BCUT2D eigenvalue weighted by Crippen LogP contribution is 2.53. The summed E-state index contributed by atoms with van der Waals surface area (Å²) < 4.78 is 89.3. The first-order chi connectivity index (χ1) is 17.4. The zero-order valence-electron chi connectivity index (χ0n) is 19.7. The summed E-state index contributed by atoms with van der Waals surface area (Å²) in [4.78, 5) is 13.8. The van der Waals surface area contributed by atoms with Crippen molar-refractivity contribution in [2.24, 2.45) is 0 Å². The fourth-order valence-electron chi connectivity index (χ4n) is 4.67. The third-order valence-electron chi connectivity index (χ3n) is 6.58. The molecule has 0 bridgehead atoms. The molecule has 2 aliphatic heterocycles. The Labute approximate surface area is 209 Å². The molecule has 202 valence electrons. The molecule has 2 aromatic carbocycles. The van der Waals surface area contributed by atoms with Gasteiger partial charge in [-0.3, -0.25) is 10.2 Å². The average molecular weight is 532 g/mol. The number of anilines is 1. The molecule has 13 heteroatoms. The fraction of sp³-hybridized carbons (Fsp3) is 0.458. The van der Waals surface area contributed by atoms with E-state index in [1.54, 1.807) is 6.07 Å². The SMILES string of the molecule is CN1CC[C@]1(c1ccccc1OC1NCCCC1NC(=O)Nc1ccc(OC(F)(F)F)cc1)C(F)(F)F. The molecule has 2 aliphatic rings. The van der Waals surface area contributed by atoms with Crippen molar-refractivity contribution in [3.05, 3.63) is 54.1 Å². The van der Waals surface area contributed by atoms with Crippen LogP contribution in [0.5, 0.6) is 11.5 Å². The number of para-hydroxylation sites is 1. The van der Waals surface area contributed by atoms with E-state index in [1.165, 1.54) is 42.3 Å². The van der Waals surface area contributed by atoms with E-state index in [0.717, 1.165) is 12.1 Å². The molecule has 2 saturated heterocycles. The van der Waals surface area contributed by atoms with E-state index in [0.29, 0.717) is 25.9 Å². The minimum absolute atomic E-state index is 0.00740. The zero-order chi connectivity index (χ0) is 26.8. The smallest absolute Gasteiger partial charge is 0.473 e. The van der Waals surface area contributed by atoms with E-state index in [2.05, 4.69) is 20.7 Å². The number of hydrogen-bond acceptors (Lipinski definition) is 5. The van der Waals surface area contributed by atoms with E-state index >= 15 is 0 Å². The minimum atomic E-state index is -4.83. The topological polar surface area (TPSA) is 74.9 Å². The van der Waals surface area contributed by atoms with Gasteiger partial charge < -0.3 is 20.1 Å². The van der Waals surface area contributed by atoms with Crippen molar-refractivity contribution in [1.82, 2.24) is 15.5 Å². The second-order valence-electron chi connectivity index (χ2n) is 8.94. The Kier molecular flexibility index (Phi) is 7.47. The van der Waals surface area contributed by atoms with Crippen LogP contribution in [0.4, 0.5) is 36.8 Å². The molecule has 3 N–H and O–H groups in total. The number of halogens is 6. The number of benzene rings is 2. The summed E-state index contributed by atoms with van der Waals surface area (Å²) in [5.74, 6) is -0.367. The molecular weight excluding hydrogens is 506 g/mol. The molecular formula is C24H26F6N4O3. The molecule has 37 heavy (non-hydrogen) atoms. The van der Waals surface area contributed by atoms with E-state index in [4.69, 9.17) is 4.74 Å². The third-order valence-corrected chi connectivity index (χ3v) is 6.58. The van der Waals surface area contributed by atoms with Gasteiger partial charge in [-0.1, -0.05) is 18.2 Å². The van der Waals surface area contributed by atoms with E-state index < -0.39 is 42.1 Å². The van der Waals surface area contributed by atoms with Gasteiger partial charge in [0.15, 0.2) is 6.23 Å². The predicted octanol–water partition coefficient (Wildman–Crippen LogP) is 4.96. The largest absolute Gasteiger partial charge is 0.573 e. The molecule has 0 aromatic heterocycles. The number of hydrogen-bond donors (Lipinski definition) is 3. The van der Waals surface area contributed by atoms with Gasteiger partial charge in [0.2, 0.25) is 0 Å². The number of carbonyl (C=O) groups excluding carboxylic acids is 1. The van der Waals surface area contributed by atoms with E-state index in [9.17, 15) is 31.1 Å². The summed E-state index contributed by atoms with van der Waals surface area (Å²) in [5, 5.41) is 8.35. The summed E-state index contributed by atoms with van der Waals surface area (Å²) in [6, 6.07) is 9.38. The Balaban J connectivity index is 1.45. The fourth-order valence-corrected chi connectivity index (χ4v) is 4.67. The van der Waals surface area contributed by atoms with Gasteiger partial charge in [-0.25, -0.2) is 4.79 Å². The zero-order valence-corrected chi connectivity index (χ0v) is 19.7. The van der Waals surface area contributed by atoms with Gasteiger partial charge in [0.1, 0.15) is 17.0 Å². The van der Waals surface area contributed by atoms with Gasteiger partial charge in [0.05, 0.1) is 6.04 Å². The number of rotatable bonds is 6. The van der Waals surface area contributed by atoms with Crippen molar-refractivity contribution in [3.8, 4) is 11.5 Å². The van der Waals surface area contributed by atoms with Crippen LogP contribution in [0.25, 0.3) is 0 Å². The standard InChI is InChI=1S/C24H26F6N4O3/c1-34-14-12-22(34,23(25,26)27)17-5-2-3-7-19(17)36-20-18(6-4-13-31-20)33-21(35)32-15-8-10-16(11-9-15)37-24(28,29)30/h2-3,5,7-11,18,20,31H,4,6,12-14H2,1H3,(H2,32,33,35)/t18?,20?,22-/m0/s1. The van der Waals surface area contributed by atoms with Crippen LogP contribution in [0.15, 0.2) is 48.5 Å². The van der Waals surface area contributed by atoms with Crippen molar-refractivity contribution in [2.45, 2.75) is 49.6 Å². The lowest BCUT2D eigenvalue weighted by atomic mass is 9.77. The van der Waals surface area contributed by atoms with Gasteiger partial charge in [-0.2, -0.15) is 13.2 Å². The monoisotopic (exact) mass is 532 g/mol. The molecule has 2 fully saturated rings. The Morgan fingerprint density at radius 1 is 1.08 bits per heavy atom. The maximum Gasteiger partial charge on any atom is 0.573 e. The van der Waals surface area contributed by atoms with Gasteiger partial charge in [-0.05, 0) is 63.2 Å². The second-order valence-corrected chi connectivity index (χ2v) is 8.94. The molecule has 2 unspecified atom stereocenters. The lowest BCUT2D eigenvalue weighted by molar-refractivity contribution is -0.274. The molecule has 7 nitrogen and oxygen atoms in total. The van der Waals surface area contributed by atoms with Crippen LogP contribution >= 0.6 is 0 Å². The summed E-state index contributed by atoms with van der Waals surface area (Å²) in [6.07, 6.45) is -9.07. The molecule has 0 aliphatic carbocycles. The first kappa shape index (κ1) is 26.9. The van der Waals surface area contributed by atoms with E-state index in [-0.39, 0.29) is 23.4 Å². The van der Waals surface area contributed by atoms with Gasteiger partial charge in [-0.15, -0.1) is 13.2 Å². The minimum Gasteiger partial charge on any atom is -0.473 e. The van der Waals surface area contributed by atoms with Crippen molar-refractivity contribution in [1.29, 1.82) is 0 Å². The quantitative estimate of drug-likeness (QED) is 0.459. The number of carbonyl (C=O) groups is 1. The molecule has 4 rings (SSSR count).